The summed E-state index contributed by atoms with van der Waals surface area (Å²) >= 11 is 0. The molecule has 0 N–H and O–H groups in total. The highest BCUT2D eigenvalue weighted by atomic mass is 16.5. The average molecular weight is 174 g/mol. The maximum atomic E-state index is 5.69. The zero-order chi connectivity index (χ0) is 8.84. The molecule has 0 aromatic heterocycles. The molecule has 1 saturated heterocycles. The Labute approximate surface area is 78.8 Å². The van der Waals surface area contributed by atoms with E-state index in [-0.39, 0.29) is 0 Å². The van der Waals surface area contributed by atoms with Crippen LogP contribution >= 0.6 is 0 Å². The Morgan fingerprint density at radius 2 is 2.38 bits per heavy atom. The van der Waals surface area contributed by atoms with E-state index in [1.54, 1.807) is 5.57 Å². The largest absolute Gasteiger partial charge is 0.497 e. The molecule has 0 bridgehead atoms. The molecular weight excluding hydrogens is 160 g/mol. The van der Waals surface area contributed by atoms with Gasteiger partial charge in [-0.2, -0.15) is 0 Å². The highest BCUT2D eigenvalue weighted by molar-refractivity contribution is 5.39. The third kappa shape index (κ3) is 0.932. The van der Waals surface area contributed by atoms with Crippen LogP contribution in [0.3, 0.4) is 0 Å². The molecule has 13 heavy (non-hydrogen) atoms. The van der Waals surface area contributed by atoms with Gasteiger partial charge in [-0.05, 0) is 25.8 Å². The summed E-state index contributed by atoms with van der Waals surface area (Å²) in [6.45, 7) is 3.17. The maximum absolute atomic E-state index is 5.69. The van der Waals surface area contributed by atoms with Gasteiger partial charge in [0, 0.05) is 11.8 Å². The van der Waals surface area contributed by atoms with Crippen LogP contribution in [0.25, 0.3) is 0 Å². The van der Waals surface area contributed by atoms with Crippen LogP contribution < -0.4 is 0 Å². The molecule has 3 rings (SSSR count). The first-order valence-corrected chi connectivity index (χ1v) is 5.07. The number of rotatable bonds is 0. The smallest absolute Gasteiger partial charge is 0.103 e. The number of allylic oxidation sites excluding steroid dienone is 5. The highest BCUT2D eigenvalue weighted by Gasteiger charge is 2.41. The molecule has 0 spiro atoms. The fourth-order valence-electron chi connectivity index (χ4n) is 2.81. The molecule has 68 valence electrons. The summed E-state index contributed by atoms with van der Waals surface area (Å²) in [4.78, 5) is 0. The minimum atomic E-state index is 0.634. The molecule has 2 fully saturated rings. The van der Waals surface area contributed by atoms with Crippen molar-refractivity contribution in [1.82, 2.24) is 0 Å². The van der Waals surface area contributed by atoms with Crippen molar-refractivity contribution in [2.45, 2.75) is 19.8 Å². The lowest BCUT2D eigenvalue weighted by Crippen LogP contribution is -2.04. The summed E-state index contributed by atoms with van der Waals surface area (Å²) in [6.07, 6.45) is 9.09. The molecule has 0 aromatic rings. The minimum absolute atomic E-state index is 0.634. The summed E-state index contributed by atoms with van der Waals surface area (Å²) in [5.74, 6) is 2.62. The van der Waals surface area contributed by atoms with Gasteiger partial charge in [0.25, 0.3) is 0 Å². The Hall–Kier alpha value is -0.980. The van der Waals surface area contributed by atoms with Gasteiger partial charge in [-0.1, -0.05) is 23.3 Å². The van der Waals surface area contributed by atoms with Crippen molar-refractivity contribution in [2.75, 3.05) is 6.61 Å². The highest BCUT2D eigenvalue weighted by Crippen LogP contribution is 2.48. The standard InChI is InChI=1S/C12H14O/c1-8-3-2-4-11-12-9(7-13-11)5-6-10(8)12/h2-4,9,12H,5-7H2,1H3. The van der Waals surface area contributed by atoms with Crippen molar-refractivity contribution in [1.29, 1.82) is 0 Å². The molecule has 1 aliphatic heterocycles. The molecular formula is C12H14O. The first kappa shape index (κ1) is 7.43. The van der Waals surface area contributed by atoms with E-state index in [2.05, 4.69) is 25.2 Å². The van der Waals surface area contributed by atoms with Crippen molar-refractivity contribution in [3.8, 4) is 0 Å². The Kier molecular flexibility index (Phi) is 1.43. The molecule has 1 nitrogen and oxygen atoms in total. The van der Waals surface area contributed by atoms with Crippen LogP contribution in [-0.4, -0.2) is 6.61 Å². The molecule has 1 heteroatoms. The fraction of sp³-hybridized carbons (Fsp3) is 0.500. The molecule has 2 atom stereocenters. The van der Waals surface area contributed by atoms with E-state index in [0.717, 1.165) is 12.5 Å². The van der Waals surface area contributed by atoms with E-state index in [4.69, 9.17) is 4.74 Å². The van der Waals surface area contributed by atoms with Crippen molar-refractivity contribution in [3.05, 3.63) is 35.1 Å². The topological polar surface area (TPSA) is 9.23 Å². The van der Waals surface area contributed by atoms with Gasteiger partial charge >= 0.3 is 0 Å². The van der Waals surface area contributed by atoms with Gasteiger partial charge in [-0.25, -0.2) is 0 Å². The maximum Gasteiger partial charge on any atom is 0.103 e. The van der Waals surface area contributed by atoms with Gasteiger partial charge in [0.2, 0.25) is 0 Å². The van der Waals surface area contributed by atoms with Gasteiger partial charge in [-0.15, -0.1) is 0 Å². The summed E-state index contributed by atoms with van der Waals surface area (Å²) in [6, 6.07) is 0. The Balaban J connectivity index is 2.14. The average Bonchev–Trinajstić information content (AvgIpc) is 2.63. The third-order valence-corrected chi connectivity index (χ3v) is 3.52. The SMILES string of the molecule is CC1=C2CCC3COC(=CC=C1)C23. The predicted octanol–water partition coefficient (Wildman–Crippen LogP) is 2.81. The van der Waals surface area contributed by atoms with Crippen molar-refractivity contribution < 1.29 is 4.74 Å². The zero-order valence-electron chi connectivity index (χ0n) is 7.92. The molecule has 0 aromatic carbocycles. The first-order chi connectivity index (χ1) is 6.36. The Bertz CT molecular complexity index is 333. The van der Waals surface area contributed by atoms with Crippen LogP contribution in [0, 0.1) is 11.8 Å². The quantitative estimate of drug-likeness (QED) is 0.548. The van der Waals surface area contributed by atoms with Crippen molar-refractivity contribution in [2.24, 2.45) is 11.8 Å². The van der Waals surface area contributed by atoms with Crippen LogP contribution in [0.15, 0.2) is 35.1 Å². The lowest BCUT2D eigenvalue weighted by molar-refractivity contribution is 0.237. The van der Waals surface area contributed by atoms with E-state index >= 15 is 0 Å². The van der Waals surface area contributed by atoms with E-state index in [1.165, 1.54) is 24.2 Å². The van der Waals surface area contributed by atoms with Crippen LogP contribution in [-0.2, 0) is 4.74 Å². The summed E-state index contributed by atoms with van der Waals surface area (Å²) in [5, 5.41) is 0. The Morgan fingerprint density at radius 3 is 3.31 bits per heavy atom. The van der Waals surface area contributed by atoms with Gasteiger partial charge in [0.05, 0.1) is 6.61 Å². The molecule has 0 amide bonds. The monoisotopic (exact) mass is 174 g/mol. The van der Waals surface area contributed by atoms with Gasteiger partial charge in [0.15, 0.2) is 0 Å². The molecule has 3 aliphatic rings. The van der Waals surface area contributed by atoms with E-state index in [9.17, 15) is 0 Å². The van der Waals surface area contributed by atoms with Crippen LogP contribution in [0.5, 0.6) is 0 Å². The normalized spacial score (nSPS) is 35.6. The Morgan fingerprint density at radius 1 is 1.46 bits per heavy atom. The minimum Gasteiger partial charge on any atom is -0.497 e. The molecule has 1 saturated carbocycles. The summed E-state index contributed by atoms with van der Waals surface area (Å²) < 4.78 is 5.69. The van der Waals surface area contributed by atoms with Crippen LogP contribution in [0.4, 0.5) is 0 Å². The third-order valence-electron chi connectivity index (χ3n) is 3.52. The number of hydrogen-bond acceptors (Lipinski definition) is 1. The van der Waals surface area contributed by atoms with Gasteiger partial charge < -0.3 is 4.74 Å². The van der Waals surface area contributed by atoms with Crippen LogP contribution in [0.2, 0.25) is 0 Å². The van der Waals surface area contributed by atoms with Gasteiger partial charge in [0.1, 0.15) is 5.76 Å². The predicted molar refractivity (Wildman–Crippen MR) is 52.1 cm³/mol. The molecule has 0 radical (unpaired) electrons. The summed E-state index contributed by atoms with van der Waals surface area (Å²) in [7, 11) is 0. The fourth-order valence-corrected chi connectivity index (χ4v) is 2.81. The van der Waals surface area contributed by atoms with Gasteiger partial charge in [-0.3, -0.25) is 0 Å². The zero-order valence-corrected chi connectivity index (χ0v) is 7.92. The number of ether oxygens (including phenoxy) is 1. The van der Waals surface area contributed by atoms with E-state index in [1.807, 2.05) is 0 Å². The van der Waals surface area contributed by atoms with Crippen molar-refractivity contribution in [3.63, 3.8) is 0 Å². The second-order valence-electron chi connectivity index (χ2n) is 4.22. The van der Waals surface area contributed by atoms with E-state index < -0.39 is 0 Å². The lowest BCUT2D eigenvalue weighted by Gasteiger charge is -2.10. The molecule has 2 aliphatic carbocycles. The summed E-state index contributed by atoms with van der Waals surface area (Å²) in [5.41, 5.74) is 3.09. The lowest BCUT2D eigenvalue weighted by atomic mass is 9.93. The van der Waals surface area contributed by atoms with Crippen LogP contribution in [0.1, 0.15) is 19.8 Å². The molecule has 2 unspecified atom stereocenters. The second-order valence-corrected chi connectivity index (χ2v) is 4.22. The second kappa shape index (κ2) is 2.50. The molecule has 1 heterocycles. The van der Waals surface area contributed by atoms with E-state index in [0.29, 0.717) is 5.92 Å². The van der Waals surface area contributed by atoms with Crippen molar-refractivity contribution >= 4 is 0 Å². The first-order valence-electron chi connectivity index (χ1n) is 5.07. The number of hydrogen-bond donors (Lipinski definition) is 0.